The van der Waals surface area contributed by atoms with Gasteiger partial charge in [0.25, 0.3) is 0 Å². The van der Waals surface area contributed by atoms with Crippen molar-refractivity contribution in [2.24, 2.45) is 5.92 Å². The smallest absolute Gasteiger partial charge is 0.159 e. The van der Waals surface area contributed by atoms with E-state index in [-0.39, 0.29) is 11.7 Å². The molecule has 48 valence electrons. The van der Waals surface area contributed by atoms with Crippen LogP contribution in [0.1, 0.15) is 12.8 Å². The van der Waals surface area contributed by atoms with E-state index in [2.05, 4.69) is 6.58 Å². The molecule has 2 heteroatoms. The predicted octanol–water partition coefficient (Wildman–Crippen LogP) is 0.721. The number of aldehydes is 1. The van der Waals surface area contributed by atoms with Crippen molar-refractivity contribution in [1.29, 1.82) is 0 Å². The van der Waals surface area contributed by atoms with Crippen LogP contribution in [0.5, 0.6) is 0 Å². The highest BCUT2D eigenvalue weighted by Crippen LogP contribution is 2.23. The van der Waals surface area contributed by atoms with Gasteiger partial charge >= 0.3 is 0 Å². The largest absolute Gasteiger partial charge is 0.303 e. The van der Waals surface area contributed by atoms with E-state index < -0.39 is 0 Å². The molecule has 1 unspecified atom stereocenters. The van der Waals surface area contributed by atoms with Crippen LogP contribution < -0.4 is 0 Å². The Labute approximate surface area is 53.6 Å². The van der Waals surface area contributed by atoms with E-state index in [0.717, 1.165) is 6.29 Å². The van der Waals surface area contributed by atoms with Gasteiger partial charge in [-0.3, -0.25) is 4.79 Å². The summed E-state index contributed by atoms with van der Waals surface area (Å²) in [6.45, 7) is 3.51. The second-order valence-corrected chi connectivity index (χ2v) is 2.23. The lowest BCUT2D eigenvalue weighted by Crippen LogP contribution is -1.99. The summed E-state index contributed by atoms with van der Waals surface area (Å²) >= 11 is 0. The average Bonchev–Trinajstić information content (AvgIpc) is 2.15. The normalized spacial score (nSPS) is 26.9. The molecule has 0 aromatic carbocycles. The van der Waals surface area contributed by atoms with E-state index in [0.29, 0.717) is 18.4 Å². The maximum Gasteiger partial charge on any atom is 0.159 e. The summed E-state index contributed by atoms with van der Waals surface area (Å²) in [6, 6.07) is 0. The maximum atomic E-state index is 10.7. The highest BCUT2D eigenvalue weighted by atomic mass is 16.1. The number of hydrogen-bond donors (Lipinski definition) is 0. The lowest BCUT2D eigenvalue weighted by molar-refractivity contribution is -0.115. The summed E-state index contributed by atoms with van der Waals surface area (Å²) in [5.41, 5.74) is 0.491. The zero-order valence-electron chi connectivity index (χ0n) is 5.09. The van der Waals surface area contributed by atoms with E-state index in [9.17, 15) is 9.59 Å². The number of rotatable bonds is 1. The number of ketones is 1. The monoisotopic (exact) mass is 124 g/mol. The molecule has 0 heterocycles. The molecule has 0 amide bonds. The SMILES string of the molecule is C=C1C(=O)CCC1C=O. The van der Waals surface area contributed by atoms with Crippen LogP contribution in [0.25, 0.3) is 0 Å². The Kier molecular flexibility index (Phi) is 1.47. The lowest BCUT2D eigenvalue weighted by atomic mass is 10.1. The average molecular weight is 124 g/mol. The first-order valence-electron chi connectivity index (χ1n) is 2.93. The van der Waals surface area contributed by atoms with Gasteiger partial charge in [-0.05, 0) is 12.0 Å². The van der Waals surface area contributed by atoms with E-state index in [1.165, 1.54) is 0 Å². The van der Waals surface area contributed by atoms with Crippen molar-refractivity contribution in [3.8, 4) is 0 Å². The molecule has 0 aliphatic heterocycles. The van der Waals surface area contributed by atoms with Crippen LogP contribution in [-0.2, 0) is 9.59 Å². The summed E-state index contributed by atoms with van der Waals surface area (Å²) in [5, 5.41) is 0. The first-order valence-corrected chi connectivity index (χ1v) is 2.93. The van der Waals surface area contributed by atoms with Crippen molar-refractivity contribution in [3.05, 3.63) is 12.2 Å². The Morgan fingerprint density at radius 1 is 1.67 bits per heavy atom. The fraction of sp³-hybridized carbons (Fsp3) is 0.429. The molecule has 0 radical (unpaired) electrons. The third-order valence-corrected chi connectivity index (χ3v) is 1.65. The Bertz CT molecular complexity index is 170. The quantitative estimate of drug-likeness (QED) is 0.381. The Hall–Kier alpha value is -0.920. The number of carbonyl (C=O) groups is 2. The fourth-order valence-corrected chi connectivity index (χ4v) is 0.978. The number of allylic oxidation sites excluding steroid dienone is 1. The molecule has 0 aromatic heterocycles. The van der Waals surface area contributed by atoms with E-state index in [1.807, 2.05) is 0 Å². The number of carbonyl (C=O) groups excluding carboxylic acids is 2. The predicted molar refractivity (Wildman–Crippen MR) is 32.9 cm³/mol. The van der Waals surface area contributed by atoms with E-state index >= 15 is 0 Å². The summed E-state index contributed by atoms with van der Waals surface area (Å²) in [5.74, 6) is -0.135. The van der Waals surface area contributed by atoms with E-state index in [4.69, 9.17) is 0 Å². The molecule has 0 spiro atoms. The van der Waals surface area contributed by atoms with Crippen molar-refractivity contribution >= 4 is 12.1 Å². The second-order valence-electron chi connectivity index (χ2n) is 2.23. The summed E-state index contributed by atoms with van der Waals surface area (Å²) in [7, 11) is 0. The molecule has 2 nitrogen and oxygen atoms in total. The van der Waals surface area contributed by atoms with Gasteiger partial charge in [0.2, 0.25) is 0 Å². The molecule has 0 N–H and O–H groups in total. The highest BCUT2D eigenvalue weighted by Gasteiger charge is 2.25. The molecule has 0 aromatic rings. The van der Waals surface area contributed by atoms with Crippen molar-refractivity contribution < 1.29 is 9.59 Å². The molecule has 1 atom stereocenters. The van der Waals surface area contributed by atoms with Gasteiger partial charge in [0.1, 0.15) is 6.29 Å². The van der Waals surface area contributed by atoms with Crippen molar-refractivity contribution in [2.45, 2.75) is 12.8 Å². The standard InChI is InChI=1S/C7H8O2/c1-5-6(4-8)2-3-7(5)9/h4,6H,1-3H2. The third kappa shape index (κ3) is 0.922. The summed E-state index contributed by atoms with van der Waals surface area (Å²) < 4.78 is 0. The Morgan fingerprint density at radius 3 is 2.56 bits per heavy atom. The van der Waals surface area contributed by atoms with Crippen LogP contribution in [0.15, 0.2) is 12.2 Å². The first kappa shape index (κ1) is 6.20. The topological polar surface area (TPSA) is 34.1 Å². The summed E-state index contributed by atoms with van der Waals surface area (Å²) in [4.78, 5) is 20.8. The van der Waals surface area contributed by atoms with Gasteiger partial charge in [-0.2, -0.15) is 0 Å². The van der Waals surface area contributed by atoms with Crippen LogP contribution in [0.3, 0.4) is 0 Å². The van der Waals surface area contributed by atoms with Crippen LogP contribution in [0.2, 0.25) is 0 Å². The highest BCUT2D eigenvalue weighted by molar-refractivity contribution is 6.00. The molecule has 1 fully saturated rings. The Morgan fingerprint density at radius 2 is 2.33 bits per heavy atom. The van der Waals surface area contributed by atoms with Gasteiger partial charge < -0.3 is 4.79 Å². The van der Waals surface area contributed by atoms with E-state index in [1.54, 1.807) is 0 Å². The molecular formula is C7H8O2. The number of hydrogen-bond acceptors (Lipinski definition) is 2. The molecule has 9 heavy (non-hydrogen) atoms. The minimum Gasteiger partial charge on any atom is -0.303 e. The summed E-state index contributed by atoms with van der Waals surface area (Å²) in [6.07, 6.45) is 1.97. The van der Waals surface area contributed by atoms with Crippen LogP contribution in [0, 0.1) is 5.92 Å². The molecule has 1 aliphatic rings. The zero-order chi connectivity index (χ0) is 6.85. The molecule has 1 aliphatic carbocycles. The van der Waals surface area contributed by atoms with Gasteiger partial charge in [-0.25, -0.2) is 0 Å². The van der Waals surface area contributed by atoms with Crippen LogP contribution in [-0.4, -0.2) is 12.1 Å². The van der Waals surface area contributed by atoms with Crippen molar-refractivity contribution in [2.75, 3.05) is 0 Å². The van der Waals surface area contributed by atoms with Crippen LogP contribution in [0.4, 0.5) is 0 Å². The minimum atomic E-state index is -0.183. The Balaban J connectivity index is 2.73. The van der Waals surface area contributed by atoms with Gasteiger partial charge in [-0.1, -0.05) is 6.58 Å². The lowest BCUT2D eigenvalue weighted by Gasteiger charge is -1.94. The maximum absolute atomic E-state index is 10.7. The van der Waals surface area contributed by atoms with Gasteiger partial charge in [0.05, 0.1) is 0 Å². The molecule has 1 rings (SSSR count). The van der Waals surface area contributed by atoms with Crippen molar-refractivity contribution in [1.82, 2.24) is 0 Å². The first-order chi connectivity index (χ1) is 4.25. The van der Waals surface area contributed by atoms with Gasteiger partial charge in [-0.15, -0.1) is 0 Å². The minimum absolute atomic E-state index is 0.0482. The number of Topliss-reactive ketones (excluding diaryl/α,β-unsaturated/α-hetero) is 1. The molecule has 0 saturated heterocycles. The zero-order valence-corrected chi connectivity index (χ0v) is 5.09. The van der Waals surface area contributed by atoms with Gasteiger partial charge in [0, 0.05) is 12.3 Å². The fourth-order valence-electron chi connectivity index (χ4n) is 0.978. The second kappa shape index (κ2) is 2.13. The van der Waals surface area contributed by atoms with Crippen molar-refractivity contribution in [3.63, 3.8) is 0 Å². The molecule has 1 saturated carbocycles. The third-order valence-electron chi connectivity index (χ3n) is 1.65. The van der Waals surface area contributed by atoms with Gasteiger partial charge in [0.15, 0.2) is 5.78 Å². The van der Waals surface area contributed by atoms with Crippen LogP contribution >= 0.6 is 0 Å². The molecular weight excluding hydrogens is 116 g/mol. The molecule has 0 bridgehead atoms.